The van der Waals surface area contributed by atoms with Crippen LogP contribution in [0.2, 0.25) is 0 Å². The number of hydrogen-bond donors (Lipinski definition) is 2. The van der Waals surface area contributed by atoms with Gasteiger partial charge in [0.15, 0.2) is 0 Å². The van der Waals surface area contributed by atoms with E-state index in [2.05, 4.69) is 10.3 Å². The normalized spacial score (nSPS) is 20.7. The monoisotopic (exact) mass is 269 g/mol. The van der Waals surface area contributed by atoms with Crippen LogP contribution in [0, 0.1) is 0 Å². The number of aliphatic carboxylic acids is 1. The molecule has 7 heteroatoms. The van der Waals surface area contributed by atoms with E-state index in [4.69, 9.17) is 5.11 Å². The molecule has 0 saturated carbocycles. The Bertz CT molecular complexity index is 460. The maximum Gasteiger partial charge on any atom is 0.322 e. The lowest BCUT2D eigenvalue weighted by Gasteiger charge is -2.31. The smallest absolute Gasteiger partial charge is 0.322 e. The molecule has 1 aliphatic heterocycles. The van der Waals surface area contributed by atoms with Gasteiger partial charge in [0.25, 0.3) is 0 Å². The number of rotatable bonds is 4. The van der Waals surface area contributed by atoms with Gasteiger partial charge in [0, 0.05) is 18.5 Å². The van der Waals surface area contributed by atoms with Crippen molar-refractivity contribution in [2.24, 2.45) is 0 Å². The zero-order valence-corrected chi connectivity index (χ0v) is 10.9. The molecule has 2 N–H and O–H groups in total. The molecule has 1 amide bonds. The number of nitrogens with zero attached hydrogens (tertiary/aromatic N) is 2. The van der Waals surface area contributed by atoms with Gasteiger partial charge in [0.05, 0.1) is 17.2 Å². The van der Waals surface area contributed by atoms with Crippen molar-refractivity contribution in [3.63, 3.8) is 0 Å². The van der Waals surface area contributed by atoms with Gasteiger partial charge in [0.2, 0.25) is 5.91 Å². The Balaban J connectivity index is 2.08. The van der Waals surface area contributed by atoms with Crippen molar-refractivity contribution in [1.82, 2.24) is 15.2 Å². The van der Waals surface area contributed by atoms with Gasteiger partial charge in [-0.25, -0.2) is 4.98 Å². The number of hydrogen-bond acceptors (Lipinski definition) is 5. The highest BCUT2D eigenvalue weighted by atomic mass is 32.1. The third-order valence-corrected chi connectivity index (χ3v) is 3.87. The molecule has 18 heavy (non-hydrogen) atoms. The standard InChI is InChI=1S/C11H15N3O3S/c1-2-10-13-7(6-18-10)4-14-5-9(15)12-3-8(14)11(16)17/h6,8H,2-5H2,1H3,(H,12,15)(H,16,17). The van der Waals surface area contributed by atoms with E-state index < -0.39 is 12.0 Å². The van der Waals surface area contributed by atoms with Crippen molar-refractivity contribution in [2.75, 3.05) is 13.1 Å². The summed E-state index contributed by atoms with van der Waals surface area (Å²) in [7, 11) is 0. The van der Waals surface area contributed by atoms with E-state index in [0.717, 1.165) is 17.1 Å². The van der Waals surface area contributed by atoms with Crippen molar-refractivity contribution >= 4 is 23.2 Å². The minimum absolute atomic E-state index is 0.107. The first kappa shape index (κ1) is 13.0. The molecule has 0 aliphatic carbocycles. The summed E-state index contributed by atoms with van der Waals surface area (Å²) in [5.74, 6) is -1.06. The number of amides is 1. The number of carbonyl (C=O) groups is 2. The molecule has 98 valence electrons. The van der Waals surface area contributed by atoms with Crippen LogP contribution in [0.1, 0.15) is 17.6 Å². The van der Waals surface area contributed by atoms with Gasteiger partial charge in [-0.2, -0.15) is 0 Å². The summed E-state index contributed by atoms with van der Waals surface area (Å²) in [6, 6.07) is -0.672. The molecule has 1 unspecified atom stereocenters. The predicted molar refractivity (Wildman–Crippen MR) is 66.3 cm³/mol. The van der Waals surface area contributed by atoms with E-state index in [9.17, 15) is 9.59 Å². The maximum atomic E-state index is 11.3. The molecule has 0 bridgehead atoms. The Morgan fingerprint density at radius 3 is 3.11 bits per heavy atom. The molecule has 2 heterocycles. The molecule has 1 aromatic heterocycles. The summed E-state index contributed by atoms with van der Waals surface area (Å²) >= 11 is 1.56. The Kier molecular flexibility index (Phi) is 3.93. The second kappa shape index (κ2) is 5.45. The fourth-order valence-electron chi connectivity index (χ4n) is 1.89. The van der Waals surface area contributed by atoms with Crippen molar-refractivity contribution in [3.8, 4) is 0 Å². The highest BCUT2D eigenvalue weighted by molar-refractivity contribution is 7.09. The topological polar surface area (TPSA) is 82.5 Å². The summed E-state index contributed by atoms with van der Waals surface area (Å²) in [6.07, 6.45) is 0.869. The highest BCUT2D eigenvalue weighted by Gasteiger charge is 2.32. The molecule has 1 atom stereocenters. The van der Waals surface area contributed by atoms with Crippen LogP contribution in [0.5, 0.6) is 0 Å². The zero-order chi connectivity index (χ0) is 13.1. The van der Waals surface area contributed by atoms with Crippen LogP contribution < -0.4 is 5.32 Å². The predicted octanol–water partition coefficient (Wildman–Crippen LogP) is 0.0905. The van der Waals surface area contributed by atoms with Gasteiger partial charge in [-0.1, -0.05) is 6.92 Å². The van der Waals surface area contributed by atoms with E-state index >= 15 is 0 Å². The average Bonchev–Trinajstić information content (AvgIpc) is 2.76. The maximum absolute atomic E-state index is 11.3. The second-order valence-corrected chi connectivity index (χ2v) is 5.09. The van der Waals surface area contributed by atoms with Crippen LogP contribution in [-0.2, 0) is 22.6 Å². The fraction of sp³-hybridized carbons (Fsp3) is 0.545. The lowest BCUT2D eigenvalue weighted by atomic mass is 10.2. The molecule has 1 fully saturated rings. The Morgan fingerprint density at radius 1 is 1.72 bits per heavy atom. The van der Waals surface area contributed by atoms with Gasteiger partial charge in [-0.05, 0) is 6.42 Å². The lowest BCUT2D eigenvalue weighted by molar-refractivity contribution is -0.146. The average molecular weight is 269 g/mol. The zero-order valence-electron chi connectivity index (χ0n) is 10.0. The molecule has 0 spiro atoms. The SMILES string of the molecule is CCc1nc(CN2CC(=O)NCC2C(=O)O)cs1. The summed E-state index contributed by atoms with van der Waals surface area (Å²) < 4.78 is 0. The third kappa shape index (κ3) is 2.85. The van der Waals surface area contributed by atoms with E-state index in [1.54, 1.807) is 16.2 Å². The molecule has 1 aliphatic rings. The van der Waals surface area contributed by atoms with Crippen molar-refractivity contribution in [3.05, 3.63) is 16.1 Å². The molecule has 6 nitrogen and oxygen atoms in total. The van der Waals surface area contributed by atoms with Crippen LogP contribution in [0.15, 0.2) is 5.38 Å². The number of aromatic nitrogens is 1. The number of carboxylic acids is 1. The molecular weight excluding hydrogens is 254 g/mol. The van der Waals surface area contributed by atoms with Crippen LogP contribution in [0.3, 0.4) is 0 Å². The summed E-state index contributed by atoms with van der Waals surface area (Å²) in [5.41, 5.74) is 0.831. The molecule has 0 aromatic carbocycles. The van der Waals surface area contributed by atoms with E-state index in [-0.39, 0.29) is 19.0 Å². The second-order valence-electron chi connectivity index (χ2n) is 4.15. The molecule has 2 rings (SSSR count). The number of nitrogens with one attached hydrogen (secondary N) is 1. The summed E-state index contributed by atoms with van der Waals surface area (Å²) in [6.45, 7) is 2.69. The Morgan fingerprint density at radius 2 is 2.50 bits per heavy atom. The first-order valence-corrected chi connectivity index (χ1v) is 6.65. The number of aryl methyl sites for hydroxylation is 1. The van der Waals surface area contributed by atoms with E-state index in [1.165, 1.54) is 0 Å². The largest absolute Gasteiger partial charge is 0.480 e. The fourth-order valence-corrected chi connectivity index (χ4v) is 2.63. The first-order chi connectivity index (χ1) is 8.60. The van der Waals surface area contributed by atoms with Crippen molar-refractivity contribution in [2.45, 2.75) is 25.9 Å². The minimum Gasteiger partial charge on any atom is -0.480 e. The third-order valence-electron chi connectivity index (χ3n) is 2.83. The highest BCUT2D eigenvalue weighted by Crippen LogP contribution is 2.15. The lowest BCUT2D eigenvalue weighted by Crippen LogP contribution is -2.56. The Labute approximate surface area is 109 Å². The molecule has 1 saturated heterocycles. The van der Waals surface area contributed by atoms with Crippen molar-refractivity contribution in [1.29, 1.82) is 0 Å². The Hall–Kier alpha value is -1.47. The van der Waals surface area contributed by atoms with Gasteiger partial charge in [-0.15, -0.1) is 11.3 Å². The number of carbonyl (C=O) groups excluding carboxylic acids is 1. The molecular formula is C11H15N3O3S. The number of carboxylic acid groups (broad SMARTS) is 1. The van der Waals surface area contributed by atoms with E-state index in [1.807, 2.05) is 12.3 Å². The van der Waals surface area contributed by atoms with Crippen molar-refractivity contribution < 1.29 is 14.7 Å². The van der Waals surface area contributed by atoms with Gasteiger partial charge >= 0.3 is 5.97 Å². The van der Waals surface area contributed by atoms with Gasteiger partial charge in [-0.3, -0.25) is 14.5 Å². The molecule has 1 aromatic rings. The van der Waals surface area contributed by atoms with Crippen LogP contribution in [0.25, 0.3) is 0 Å². The first-order valence-electron chi connectivity index (χ1n) is 5.77. The summed E-state index contributed by atoms with van der Waals surface area (Å²) in [5, 5.41) is 14.6. The number of thiazole rings is 1. The van der Waals surface area contributed by atoms with Gasteiger partial charge in [0.1, 0.15) is 6.04 Å². The minimum atomic E-state index is -0.916. The van der Waals surface area contributed by atoms with E-state index in [0.29, 0.717) is 6.54 Å². The molecule has 0 radical (unpaired) electrons. The quantitative estimate of drug-likeness (QED) is 0.809. The van der Waals surface area contributed by atoms with Crippen LogP contribution in [0.4, 0.5) is 0 Å². The summed E-state index contributed by atoms with van der Waals surface area (Å²) in [4.78, 5) is 28.5. The van der Waals surface area contributed by atoms with Gasteiger partial charge < -0.3 is 10.4 Å². The van der Waals surface area contributed by atoms with Crippen LogP contribution in [-0.4, -0.2) is 46.0 Å². The number of piperazine rings is 1. The van der Waals surface area contributed by atoms with Crippen LogP contribution >= 0.6 is 11.3 Å².